The summed E-state index contributed by atoms with van der Waals surface area (Å²) in [5.74, 6) is 0.248. The molecular weight excluding hydrogens is 428 g/mol. The molecule has 8 nitrogen and oxygen atoms in total. The molecule has 0 unspecified atom stereocenters. The Hall–Kier alpha value is -3.42. The summed E-state index contributed by atoms with van der Waals surface area (Å²) in [5.41, 5.74) is 3.10. The Morgan fingerprint density at radius 1 is 0.727 bits per heavy atom. The number of esters is 2. The Balaban J connectivity index is 1.63. The molecule has 2 aromatic carbocycles. The maximum Gasteiger partial charge on any atom is 0.306 e. The lowest BCUT2D eigenvalue weighted by atomic mass is 10.1. The molecule has 0 heterocycles. The summed E-state index contributed by atoms with van der Waals surface area (Å²) in [6.45, 7) is 3.86. The van der Waals surface area contributed by atoms with Crippen molar-refractivity contribution in [1.82, 2.24) is 0 Å². The molecule has 0 aliphatic rings. The first-order chi connectivity index (χ1) is 15.7. The number of phenolic OH excluding ortho intramolecular Hbond substituents is 2. The van der Waals surface area contributed by atoms with Crippen LogP contribution in [0.25, 0.3) is 0 Å². The molecule has 180 valence electrons. The summed E-state index contributed by atoms with van der Waals surface area (Å²) in [6.07, 6.45) is 1.74. The van der Waals surface area contributed by atoms with Crippen LogP contribution in [0.3, 0.4) is 0 Å². The van der Waals surface area contributed by atoms with Crippen LogP contribution in [0.2, 0.25) is 0 Å². The Labute approximate surface area is 194 Å². The van der Waals surface area contributed by atoms with Gasteiger partial charge in [-0.1, -0.05) is 12.1 Å². The molecule has 0 atom stereocenters. The molecule has 0 amide bonds. The van der Waals surface area contributed by atoms with Crippen molar-refractivity contribution in [2.75, 3.05) is 27.4 Å². The molecule has 0 saturated carbocycles. The third-order valence-electron chi connectivity index (χ3n) is 5.14. The monoisotopic (exact) mass is 460 g/mol. The van der Waals surface area contributed by atoms with E-state index in [1.165, 1.54) is 14.2 Å². The first-order valence-corrected chi connectivity index (χ1v) is 10.8. The predicted octanol–water partition coefficient (Wildman–Crippen LogP) is 3.77. The van der Waals surface area contributed by atoms with Crippen molar-refractivity contribution in [3.63, 3.8) is 0 Å². The van der Waals surface area contributed by atoms with Crippen molar-refractivity contribution in [3.05, 3.63) is 46.5 Å². The summed E-state index contributed by atoms with van der Waals surface area (Å²) < 4.78 is 20.6. The molecule has 0 aliphatic heterocycles. The van der Waals surface area contributed by atoms with Gasteiger partial charge in [0, 0.05) is 19.3 Å². The van der Waals surface area contributed by atoms with Crippen LogP contribution in [0, 0.1) is 13.8 Å². The molecule has 33 heavy (non-hydrogen) atoms. The molecule has 0 aliphatic carbocycles. The quantitative estimate of drug-likeness (QED) is 0.364. The fraction of sp³-hybridized carbons (Fsp3) is 0.440. The van der Waals surface area contributed by atoms with Gasteiger partial charge in [0.25, 0.3) is 0 Å². The van der Waals surface area contributed by atoms with Gasteiger partial charge in [0.05, 0.1) is 27.4 Å². The normalized spacial score (nSPS) is 10.5. The number of rotatable bonds is 12. The lowest BCUT2D eigenvalue weighted by molar-refractivity contribution is -0.146. The number of hydrogen-bond acceptors (Lipinski definition) is 8. The minimum atomic E-state index is -0.345. The van der Waals surface area contributed by atoms with Crippen LogP contribution in [-0.4, -0.2) is 49.6 Å². The van der Waals surface area contributed by atoms with Crippen LogP contribution in [0.1, 0.15) is 41.5 Å². The van der Waals surface area contributed by atoms with Crippen molar-refractivity contribution in [3.8, 4) is 23.0 Å². The summed E-state index contributed by atoms with van der Waals surface area (Å²) in [6, 6.07) is 7.01. The first-order valence-electron chi connectivity index (χ1n) is 10.8. The van der Waals surface area contributed by atoms with Crippen molar-refractivity contribution in [1.29, 1.82) is 0 Å². The van der Waals surface area contributed by atoms with Crippen LogP contribution < -0.4 is 9.47 Å². The number of carbonyl (C=O) groups is 2. The molecule has 0 aromatic heterocycles. The standard InChI is InChI=1S/C25H32O8/c1-16-12-18(14-20(30-3)24(16)28)6-8-22(26)32-10-5-11-33-23(27)9-7-19-13-17(2)25(29)21(15-19)31-4/h12-15,28-29H,5-11H2,1-4H3. The number of aryl methyl sites for hydroxylation is 4. The zero-order valence-corrected chi connectivity index (χ0v) is 19.6. The van der Waals surface area contributed by atoms with Crippen molar-refractivity contribution < 1.29 is 38.7 Å². The maximum absolute atomic E-state index is 11.9. The Bertz CT molecular complexity index is 890. The van der Waals surface area contributed by atoms with Gasteiger partial charge in [0.15, 0.2) is 23.0 Å². The van der Waals surface area contributed by atoms with Gasteiger partial charge in [-0.25, -0.2) is 0 Å². The highest BCUT2D eigenvalue weighted by Crippen LogP contribution is 2.32. The molecule has 0 bridgehead atoms. The fourth-order valence-electron chi connectivity index (χ4n) is 3.31. The second kappa shape index (κ2) is 12.6. The van der Waals surface area contributed by atoms with Gasteiger partial charge >= 0.3 is 11.9 Å². The highest BCUT2D eigenvalue weighted by molar-refractivity contribution is 5.70. The lowest BCUT2D eigenvalue weighted by Gasteiger charge is -2.10. The second-order valence-electron chi connectivity index (χ2n) is 7.72. The van der Waals surface area contributed by atoms with Gasteiger partial charge in [-0.3, -0.25) is 9.59 Å². The van der Waals surface area contributed by atoms with Crippen LogP contribution in [0.4, 0.5) is 0 Å². The number of phenols is 2. The minimum absolute atomic E-state index is 0.0938. The third-order valence-corrected chi connectivity index (χ3v) is 5.14. The van der Waals surface area contributed by atoms with E-state index in [1.54, 1.807) is 38.1 Å². The van der Waals surface area contributed by atoms with E-state index < -0.39 is 0 Å². The molecule has 2 aromatic rings. The average Bonchev–Trinajstić information content (AvgIpc) is 2.80. The summed E-state index contributed by atoms with van der Waals surface area (Å²) in [7, 11) is 2.95. The van der Waals surface area contributed by atoms with Crippen LogP contribution in [-0.2, 0) is 31.9 Å². The Morgan fingerprint density at radius 2 is 1.12 bits per heavy atom. The molecule has 0 radical (unpaired) electrons. The van der Waals surface area contributed by atoms with E-state index in [2.05, 4.69) is 0 Å². The van der Waals surface area contributed by atoms with Gasteiger partial charge in [-0.15, -0.1) is 0 Å². The number of aromatic hydroxyl groups is 2. The van der Waals surface area contributed by atoms with Crippen molar-refractivity contribution in [2.24, 2.45) is 0 Å². The van der Waals surface area contributed by atoms with E-state index in [4.69, 9.17) is 18.9 Å². The largest absolute Gasteiger partial charge is 0.504 e. The molecule has 2 N–H and O–H groups in total. The van der Waals surface area contributed by atoms with Crippen molar-refractivity contribution in [2.45, 2.75) is 46.0 Å². The van der Waals surface area contributed by atoms with Gasteiger partial charge in [-0.2, -0.15) is 0 Å². The van der Waals surface area contributed by atoms with Crippen LogP contribution in [0.15, 0.2) is 24.3 Å². The summed E-state index contributed by atoms with van der Waals surface area (Å²) in [5, 5.41) is 19.7. The highest BCUT2D eigenvalue weighted by Gasteiger charge is 2.11. The molecule has 0 spiro atoms. The Morgan fingerprint density at radius 3 is 1.48 bits per heavy atom. The minimum Gasteiger partial charge on any atom is -0.504 e. The average molecular weight is 461 g/mol. The van der Waals surface area contributed by atoms with Gasteiger partial charge in [-0.05, 0) is 61.1 Å². The second-order valence-corrected chi connectivity index (χ2v) is 7.72. The van der Waals surface area contributed by atoms with E-state index in [-0.39, 0.29) is 49.5 Å². The zero-order valence-electron chi connectivity index (χ0n) is 19.6. The molecule has 8 heteroatoms. The predicted molar refractivity (Wildman–Crippen MR) is 122 cm³/mol. The molecule has 2 rings (SSSR count). The number of methoxy groups -OCH3 is 2. The summed E-state index contributed by atoms with van der Waals surface area (Å²) in [4.78, 5) is 23.9. The topological polar surface area (TPSA) is 112 Å². The van der Waals surface area contributed by atoms with E-state index in [9.17, 15) is 19.8 Å². The number of carbonyl (C=O) groups excluding carboxylic acids is 2. The smallest absolute Gasteiger partial charge is 0.306 e. The van der Waals surface area contributed by atoms with Gasteiger partial charge < -0.3 is 29.2 Å². The fourth-order valence-corrected chi connectivity index (χ4v) is 3.31. The van der Waals surface area contributed by atoms with Crippen LogP contribution in [0.5, 0.6) is 23.0 Å². The number of hydrogen-bond donors (Lipinski definition) is 2. The highest BCUT2D eigenvalue weighted by atomic mass is 16.5. The van der Waals surface area contributed by atoms with Crippen molar-refractivity contribution >= 4 is 11.9 Å². The Kier molecular flexibility index (Phi) is 9.84. The first kappa shape index (κ1) is 25.8. The summed E-state index contributed by atoms with van der Waals surface area (Å²) >= 11 is 0. The van der Waals surface area contributed by atoms with Crippen LogP contribution >= 0.6 is 0 Å². The number of benzene rings is 2. The SMILES string of the molecule is COc1cc(CCC(=O)OCCCOC(=O)CCc2cc(C)c(O)c(OC)c2)cc(C)c1O. The molecule has 0 fully saturated rings. The molecule has 0 saturated heterocycles. The van der Waals surface area contributed by atoms with E-state index >= 15 is 0 Å². The zero-order chi connectivity index (χ0) is 24.4. The van der Waals surface area contributed by atoms with E-state index in [1.807, 2.05) is 0 Å². The third kappa shape index (κ3) is 7.89. The molecular formula is C25H32O8. The van der Waals surface area contributed by atoms with Gasteiger partial charge in [0.1, 0.15) is 0 Å². The maximum atomic E-state index is 11.9. The lowest BCUT2D eigenvalue weighted by Crippen LogP contribution is -2.11. The van der Waals surface area contributed by atoms with E-state index in [0.29, 0.717) is 41.9 Å². The van der Waals surface area contributed by atoms with E-state index in [0.717, 1.165) is 11.1 Å². The van der Waals surface area contributed by atoms with Gasteiger partial charge in [0.2, 0.25) is 0 Å². The number of ether oxygens (including phenoxy) is 4.